The third-order valence-corrected chi connectivity index (χ3v) is 4.28. The molecule has 2 aromatic rings. The van der Waals surface area contributed by atoms with Gasteiger partial charge < -0.3 is 10.2 Å². The normalized spacial score (nSPS) is 13.9. The second kappa shape index (κ2) is 7.91. The average molecular weight is 356 g/mol. The summed E-state index contributed by atoms with van der Waals surface area (Å²) in [7, 11) is 0. The van der Waals surface area contributed by atoms with Crippen LogP contribution in [0.2, 0.25) is 0 Å². The number of hydrogen-bond donors (Lipinski definition) is 1. The van der Waals surface area contributed by atoms with Crippen molar-refractivity contribution in [2.24, 2.45) is 0 Å². The highest BCUT2D eigenvalue weighted by Crippen LogP contribution is 2.21. The fourth-order valence-electron chi connectivity index (χ4n) is 2.85. The van der Waals surface area contributed by atoms with Gasteiger partial charge in [-0.25, -0.2) is 8.78 Å². The molecule has 0 saturated carbocycles. The van der Waals surface area contributed by atoms with Crippen molar-refractivity contribution >= 4 is 17.4 Å². The molecular formula is C20H18F2N2O2. The van der Waals surface area contributed by atoms with E-state index < -0.39 is 17.5 Å². The molecule has 1 aliphatic heterocycles. The van der Waals surface area contributed by atoms with E-state index in [4.69, 9.17) is 0 Å². The van der Waals surface area contributed by atoms with Gasteiger partial charge in [-0.3, -0.25) is 9.59 Å². The molecule has 0 radical (unpaired) electrons. The Hall–Kier alpha value is -3.02. The van der Waals surface area contributed by atoms with E-state index >= 15 is 0 Å². The summed E-state index contributed by atoms with van der Waals surface area (Å²) < 4.78 is 26.5. The van der Waals surface area contributed by atoms with Crippen LogP contribution in [-0.2, 0) is 4.79 Å². The minimum Gasteiger partial charge on any atom is -0.343 e. The number of rotatable bonds is 4. The highest BCUT2D eigenvalue weighted by atomic mass is 19.1. The van der Waals surface area contributed by atoms with E-state index in [-0.39, 0.29) is 18.0 Å². The van der Waals surface area contributed by atoms with Crippen LogP contribution < -0.4 is 5.32 Å². The van der Waals surface area contributed by atoms with E-state index in [0.717, 1.165) is 24.1 Å². The van der Waals surface area contributed by atoms with E-state index in [1.807, 2.05) is 36.4 Å². The van der Waals surface area contributed by atoms with Crippen LogP contribution >= 0.6 is 0 Å². The second-order valence-electron chi connectivity index (χ2n) is 5.99. The van der Waals surface area contributed by atoms with Crippen molar-refractivity contribution in [2.45, 2.75) is 6.42 Å². The molecule has 0 bridgehead atoms. The van der Waals surface area contributed by atoms with Crippen molar-refractivity contribution in [2.75, 3.05) is 19.6 Å². The predicted octanol–water partition coefficient (Wildman–Crippen LogP) is 3.01. The average Bonchev–Trinajstić information content (AvgIpc) is 2.66. The Morgan fingerprint density at radius 2 is 1.85 bits per heavy atom. The second-order valence-corrected chi connectivity index (χ2v) is 5.99. The molecule has 0 aliphatic carbocycles. The number of halogens is 2. The highest BCUT2D eigenvalue weighted by Gasteiger charge is 2.19. The number of carbonyl (C=O) groups is 2. The summed E-state index contributed by atoms with van der Waals surface area (Å²) in [5.74, 6) is -2.70. The zero-order chi connectivity index (χ0) is 18.5. The minimum atomic E-state index is -0.955. The van der Waals surface area contributed by atoms with Gasteiger partial charge in [0.25, 0.3) is 5.91 Å². The van der Waals surface area contributed by atoms with Gasteiger partial charge in [-0.1, -0.05) is 36.4 Å². The van der Waals surface area contributed by atoms with Gasteiger partial charge >= 0.3 is 0 Å². The molecule has 0 fully saturated rings. The van der Waals surface area contributed by atoms with Gasteiger partial charge in [0.05, 0.1) is 12.1 Å². The van der Waals surface area contributed by atoms with Crippen LogP contribution in [0.3, 0.4) is 0 Å². The molecule has 26 heavy (non-hydrogen) atoms. The molecule has 0 spiro atoms. The molecule has 0 saturated heterocycles. The zero-order valence-electron chi connectivity index (χ0n) is 14.0. The molecule has 134 valence electrons. The van der Waals surface area contributed by atoms with Gasteiger partial charge in [0, 0.05) is 19.2 Å². The van der Waals surface area contributed by atoms with Gasteiger partial charge in [-0.05, 0) is 29.7 Å². The van der Waals surface area contributed by atoms with Crippen LogP contribution in [0.5, 0.6) is 0 Å². The molecule has 3 rings (SSSR count). The van der Waals surface area contributed by atoms with Crippen LogP contribution in [-0.4, -0.2) is 36.3 Å². The molecule has 0 atom stereocenters. The Labute approximate surface area is 150 Å². The number of benzene rings is 2. The molecule has 2 aromatic carbocycles. The third kappa shape index (κ3) is 4.14. The molecule has 1 heterocycles. The number of nitrogens with one attached hydrogen (secondary N) is 1. The lowest BCUT2D eigenvalue weighted by molar-refractivity contribution is -0.129. The number of carbonyl (C=O) groups excluding carboxylic acids is 2. The first kappa shape index (κ1) is 17.8. The summed E-state index contributed by atoms with van der Waals surface area (Å²) >= 11 is 0. The van der Waals surface area contributed by atoms with Gasteiger partial charge in [0.15, 0.2) is 0 Å². The van der Waals surface area contributed by atoms with E-state index in [2.05, 4.69) is 5.32 Å². The van der Waals surface area contributed by atoms with Gasteiger partial charge in [-0.15, -0.1) is 0 Å². The lowest BCUT2D eigenvalue weighted by Gasteiger charge is -2.26. The maximum atomic E-state index is 13.6. The van der Waals surface area contributed by atoms with Crippen molar-refractivity contribution < 1.29 is 18.4 Å². The number of hydrogen-bond acceptors (Lipinski definition) is 2. The van der Waals surface area contributed by atoms with Crippen LogP contribution in [0.4, 0.5) is 8.78 Å². The van der Waals surface area contributed by atoms with Crippen molar-refractivity contribution in [1.29, 1.82) is 0 Å². The molecule has 1 aliphatic rings. The molecule has 0 unspecified atom stereocenters. The predicted molar refractivity (Wildman–Crippen MR) is 94.3 cm³/mol. The van der Waals surface area contributed by atoms with E-state index in [1.54, 1.807) is 4.90 Å². The smallest absolute Gasteiger partial charge is 0.254 e. The maximum Gasteiger partial charge on any atom is 0.254 e. The molecule has 0 aromatic heterocycles. The number of nitrogens with zero attached hydrogens (tertiary/aromatic N) is 1. The standard InChI is InChI=1S/C20H18F2N2O2/c21-16-6-7-17(18(22)12-16)20(26)23-13-19(25)24-10-8-15(9-11-24)14-4-2-1-3-5-14/h1-8,12H,9-11,13H2,(H,23,26). The van der Waals surface area contributed by atoms with E-state index in [9.17, 15) is 18.4 Å². The Kier molecular flexibility index (Phi) is 5.41. The first-order valence-corrected chi connectivity index (χ1v) is 8.30. The third-order valence-electron chi connectivity index (χ3n) is 4.28. The molecule has 1 N–H and O–H groups in total. The zero-order valence-corrected chi connectivity index (χ0v) is 14.0. The molecular weight excluding hydrogens is 338 g/mol. The SMILES string of the molecule is O=C(NCC(=O)N1CC=C(c2ccccc2)CC1)c1ccc(F)cc1F. The van der Waals surface area contributed by atoms with Gasteiger partial charge in [0.1, 0.15) is 11.6 Å². The van der Waals surface area contributed by atoms with E-state index in [0.29, 0.717) is 19.2 Å². The van der Waals surface area contributed by atoms with Crippen molar-refractivity contribution in [3.05, 3.63) is 77.4 Å². The monoisotopic (exact) mass is 356 g/mol. The highest BCUT2D eigenvalue weighted by molar-refractivity contribution is 5.96. The fourth-order valence-corrected chi connectivity index (χ4v) is 2.85. The fraction of sp³-hybridized carbons (Fsp3) is 0.200. The van der Waals surface area contributed by atoms with Crippen molar-refractivity contribution in [1.82, 2.24) is 10.2 Å². The Balaban J connectivity index is 1.54. The van der Waals surface area contributed by atoms with E-state index in [1.165, 1.54) is 5.57 Å². The lowest BCUT2D eigenvalue weighted by Crippen LogP contribution is -2.42. The van der Waals surface area contributed by atoms with Crippen LogP contribution in [0.25, 0.3) is 5.57 Å². The van der Waals surface area contributed by atoms with Crippen molar-refractivity contribution in [3.8, 4) is 0 Å². The summed E-state index contributed by atoms with van der Waals surface area (Å²) in [5.41, 5.74) is 2.04. The number of amides is 2. The maximum absolute atomic E-state index is 13.6. The molecule has 2 amide bonds. The van der Waals surface area contributed by atoms with Crippen LogP contribution in [0.15, 0.2) is 54.6 Å². The summed E-state index contributed by atoms with van der Waals surface area (Å²) in [4.78, 5) is 25.8. The topological polar surface area (TPSA) is 49.4 Å². The van der Waals surface area contributed by atoms with Gasteiger partial charge in [0.2, 0.25) is 5.91 Å². The Morgan fingerprint density at radius 1 is 1.08 bits per heavy atom. The Morgan fingerprint density at radius 3 is 2.50 bits per heavy atom. The first-order chi connectivity index (χ1) is 12.5. The van der Waals surface area contributed by atoms with Gasteiger partial charge in [-0.2, -0.15) is 0 Å². The van der Waals surface area contributed by atoms with Crippen LogP contribution in [0, 0.1) is 11.6 Å². The summed E-state index contributed by atoms with van der Waals surface area (Å²) in [6.07, 6.45) is 2.73. The summed E-state index contributed by atoms with van der Waals surface area (Å²) in [6.45, 7) is 0.786. The first-order valence-electron chi connectivity index (χ1n) is 8.30. The Bertz CT molecular complexity index is 850. The molecule has 4 nitrogen and oxygen atoms in total. The largest absolute Gasteiger partial charge is 0.343 e. The van der Waals surface area contributed by atoms with Crippen LogP contribution in [0.1, 0.15) is 22.3 Å². The van der Waals surface area contributed by atoms with Crippen molar-refractivity contribution in [3.63, 3.8) is 0 Å². The quantitative estimate of drug-likeness (QED) is 0.916. The summed E-state index contributed by atoms with van der Waals surface area (Å²) in [6, 6.07) is 12.6. The molecule has 6 heteroatoms. The summed E-state index contributed by atoms with van der Waals surface area (Å²) in [5, 5.41) is 2.39. The lowest BCUT2D eigenvalue weighted by atomic mass is 9.99. The minimum absolute atomic E-state index is 0.232.